The van der Waals surface area contributed by atoms with Crippen LogP contribution >= 0.6 is 0 Å². The summed E-state index contributed by atoms with van der Waals surface area (Å²) >= 11 is 0. The maximum atomic E-state index is 13.9. The van der Waals surface area contributed by atoms with Crippen molar-refractivity contribution < 1.29 is 4.39 Å². The highest BCUT2D eigenvalue weighted by molar-refractivity contribution is 5.97. The van der Waals surface area contributed by atoms with Gasteiger partial charge in [0.15, 0.2) is 0 Å². The van der Waals surface area contributed by atoms with E-state index in [1.165, 1.54) is 6.07 Å². The molecule has 1 heterocycles. The Morgan fingerprint density at radius 2 is 1.71 bits per heavy atom. The molecule has 3 aromatic rings. The molecule has 0 aliphatic carbocycles. The van der Waals surface area contributed by atoms with E-state index in [-0.39, 0.29) is 5.82 Å². The molecule has 0 aliphatic rings. The molecular formula is C15H12FN. The van der Waals surface area contributed by atoms with Crippen LogP contribution in [-0.4, -0.2) is 4.98 Å². The summed E-state index contributed by atoms with van der Waals surface area (Å²) in [5.41, 5.74) is 3.85. The van der Waals surface area contributed by atoms with Gasteiger partial charge in [-0.1, -0.05) is 36.4 Å². The number of nitrogens with one attached hydrogen (secondary N) is 1. The molecule has 1 aromatic heterocycles. The van der Waals surface area contributed by atoms with Crippen molar-refractivity contribution in [2.75, 3.05) is 0 Å². The molecule has 0 fully saturated rings. The SMILES string of the molecule is Cc1[nH]c2cccc(F)c2c1-c1ccccc1. The van der Waals surface area contributed by atoms with Crippen molar-refractivity contribution in [3.63, 3.8) is 0 Å². The van der Waals surface area contributed by atoms with Gasteiger partial charge < -0.3 is 4.98 Å². The zero-order valence-corrected chi connectivity index (χ0v) is 9.50. The molecule has 84 valence electrons. The summed E-state index contributed by atoms with van der Waals surface area (Å²) in [6.45, 7) is 1.97. The van der Waals surface area contributed by atoms with Gasteiger partial charge in [0.2, 0.25) is 0 Å². The molecule has 0 unspecified atom stereocenters. The predicted octanol–water partition coefficient (Wildman–Crippen LogP) is 4.28. The highest BCUT2D eigenvalue weighted by Gasteiger charge is 2.13. The first-order valence-electron chi connectivity index (χ1n) is 5.59. The summed E-state index contributed by atoms with van der Waals surface area (Å²) < 4.78 is 13.9. The minimum Gasteiger partial charge on any atom is -0.358 e. The van der Waals surface area contributed by atoms with Gasteiger partial charge in [-0.05, 0) is 24.6 Å². The lowest BCUT2D eigenvalue weighted by Gasteiger charge is -2.02. The molecule has 0 radical (unpaired) electrons. The van der Waals surface area contributed by atoms with Crippen LogP contribution in [0.5, 0.6) is 0 Å². The number of hydrogen-bond acceptors (Lipinski definition) is 0. The van der Waals surface area contributed by atoms with E-state index in [0.29, 0.717) is 5.39 Å². The van der Waals surface area contributed by atoms with Crippen LogP contribution in [-0.2, 0) is 0 Å². The number of halogens is 1. The number of rotatable bonds is 1. The van der Waals surface area contributed by atoms with Crippen LogP contribution in [0.2, 0.25) is 0 Å². The second kappa shape index (κ2) is 3.74. The van der Waals surface area contributed by atoms with E-state index in [4.69, 9.17) is 0 Å². The molecule has 2 aromatic carbocycles. The number of H-pyrrole nitrogens is 1. The quantitative estimate of drug-likeness (QED) is 0.636. The largest absolute Gasteiger partial charge is 0.358 e. The Hall–Kier alpha value is -2.09. The number of aromatic nitrogens is 1. The highest BCUT2D eigenvalue weighted by atomic mass is 19.1. The maximum absolute atomic E-state index is 13.9. The average molecular weight is 225 g/mol. The molecular weight excluding hydrogens is 213 g/mol. The third-order valence-electron chi connectivity index (χ3n) is 3.02. The predicted molar refractivity (Wildman–Crippen MR) is 68.4 cm³/mol. The molecule has 0 aliphatic heterocycles. The highest BCUT2D eigenvalue weighted by Crippen LogP contribution is 2.33. The molecule has 2 heteroatoms. The summed E-state index contributed by atoms with van der Waals surface area (Å²) in [5.74, 6) is -0.175. The van der Waals surface area contributed by atoms with Gasteiger partial charge >= 0.3 is 0 Å². The third kappa shape index (κ3) is 1.53. The van der Waals surface area contributed by atoms with Gasteiger partial charge in [-0.15, -0.1) is 0 Å². The van der Waals surface area contributed by atoms with Gasteiger partial charge in [0.1, 0.15) is 5.82 Å². The molecule has 0 spiro atoms. The van der Waals surface area contributed by atoms with Gasteiger partial charge in [0.05, 0.1) is 0 Å². The second-order valence-corrected chi connectivity index (χ2v) is 4.15. The van der Waals surface area contributed by atoms with Crippen molar-refractivity contribution >= 4 is 10.9 Å². The Balaban J connectivity index is 2.40. The van der Waals surface area contributed by atoms with Crippen LogP contribution in [0.15, 0.2) is 48.5 Å². The minimum absolute atomic E-state index is 0.175. The Morgan fingerprint density at radius 1 is 0.941 bits per heavy atom. The second-order valence-electron chi connectivity index (χ2n) is 4.15. The molecule has 0 saturated heterocycles. The number of hydrogen-bond donors (Lipinski definition) is 1. The Morgan fingerprint density at radius 3 is 2.47 bits per heavy atom. The molecule has 0 atom stereocenters. The zero-order chi connectivity index (χ0) is 11.8. The summed E-state index contributed by atoms with van der Waals surface area (Å²) in [6.07, 6.45) is 0. The molecule has 1 N–H and O–H groups in total. The lowest BCUT2D eigenvalue weighted by Crippen LogP contribution is -1.81. The summed E-state index contributed by atoms with van der Waals surface area (Å²) in [7, 11) is 0. The van der Waals surface area contributed by atoms with Crippen molar-refractivity contribution in [1.82, 2.24) is 4.98 Å². The summed E-state index contributed by atoms with van der Waals surface area (Å²) in [6, 6.07) is 15.0. The van der Waals surface area contributed by atoms with Crippen molar-refractivity contribution in [2.45, 2.75) is 6.92 Å². The molecule has 17 heavy (non-hydrogen) atoms. The van der Waals surface area contributed by atoms with Gasteiger partial charge in [-0.25, -0.2) is 4.39 Å². The lowest BCUT2D eigenvalue weighted by atomic mass is 10.0. The van der Waals surface area contributed by atoms with E-state index in [0.717, 1.165) is 22.3 Å². The van der Waals surface area contributed by atoms with Crippen LogP contribution in [0, 0.1) is 12.7 Å². The lowest BCUT2D eigenvalue weighted by molar-refractivity contribution is 0.640. The Labute approximate surface area is 98.9 Å². The van der Waals surface area contributed by atoms with Crippen LogP contribution in [0.3, 0.4) is 0 Å². The fourth-order valence-corrected chi connectivity index (χ4v) is 2.30. The fourth-order valence-electron chi connectivity index (χ4n) is 2.30. The zero-order valence-electron chi connectivity index (χ0n) is 9.50. The van der Waals surface area contributed by atoms with E-state index >= 15 is 0 Å². The Bertz CT molecular complexity index is 668. The number of aryl methyl sites for hydroxylation is 1. The molecule has 1 nitrogen and oxygen atoms in total. The van der Waals surface area contributed by atoms with Crippen molar-refractivity contribution in [1.29, 1.82) is 0 Å². The first-order valence-corrected chi connectivity index (χ1v) is 5.59. The van der Waals surface area contributed by atoms with Crippen LogP contribution in [0.4, 0.5) is 4.39 Å². The Kier molecular flexibility index (Phi) is 2.22. The first-order chi connectivity index (χ1) is 8.27. The number of benzene rings is 2. The number of fused-ring (bicyclic) bond motifs is 1. The van der Waals surface area contributed by atoms with Gasteiger partial charge in [-0.2, -0.15) is 0 Å². The van der Waals surface area contributed by atoms with Crippen molar-refractivity contribution in [3.05, 3.63) is 60.0 Å². The standard InChI is InChI=1S/C15H12FN/c1-10-14(11-6-3-2-4-7-11)15-12(16)8-5-9-13(15)17-10/h2-9,17H,1H3. The summed E-state index contributed by atoms with van der Waals surface area (Å²) in [4.78, 5) is 3.23. The van der Waals surface area contributed by atoms with Crippen LogP contribution < -0.4 is 0 Å². The van der Waals surface area contributed by atoms with E-state index in [1.54, 1.807) is 6.07 Å². The van der Waals surface area contributed by atoms with Crippen LogP contribution in [0.1, 0.15) is 5.69 Å². The van der Waals surface area contributed by atoms with E-state index < -0.39 is 0 Å². The maximum Gasteiger partial charge on any atom is 0.133 e. The van der Waals surface area contributed by atoms with Gasteiger partial charge in [0.25, 0.3) is 0 Å². The average Bonchev–Trinajstić information content (AvgIpc) is 2.68. The van der Waals surface area contributed by atoms with Crippen molar-refractivity contribution in [2.24, 2.45) is 0 Å². The van der Waals surface area contributed by atoms with Crippen molar-refractivity contribution in [3.8, 4) is 11.1 Å². The third-order valence-corrected chi connectivity index (χ3v) is 3.02. The van der Waals surface area contributed by atoms with E-state index in [2.05, 4.69) is 4.98 Å². The van der Waals surface area contributed by atoms with Crippen LogP contribution in [0.25, 0.3) is 22.0 Å². The van der Waals surface area contributed by atoms with E-state index in [1.807, 2.05) is 43.3 Å². The minimum atomic E-state index is -0.175. The van der Waals surface area contributed by atoms with Gasteiger partial charge in [0, 0.05) is 22.2 Å². The normalized spacial score (nSPS) is 10.9. The van der Waals surface area contributed by atoms with E-state index in [9.17, 15) is 4.39 Å². The molecule has 3 rings (SSSR count). The smallest absolute Gasteiger partial charge is 0.133 e. The summed E-state index contributed by atoms with van der Waals surface area (Å²) in [5, 5.41) is 0.677. The topological polar surface area (TPSA) is 15.8 Å². The first kappa shape index (κ1) is 10.1. The monoisotopic (exact) mass is 225 g/mol. The fraction of sp³-hybridized carbons (Fsp3) is 0.0667. The molecule has 0 amide bonds. The number of aromatic amines is 1. The molecule has 0 saturated carbocycles. The molecule has 0 bridgehead atoms. The van der Waals surface area contributed by atoms with Gasteiger partial charge in [-0.3, -0.25) is 0 Å².